The molecule has 6 heteroatoms. The summed E-state index contributed by atoms with van der Waals surface area (Å²) in [7, 11) is 0. The number of rotatable bonds is 4. The Morgan fingerprint density at radius 3 is 2.68 bits per heavy atom. The molecule has 0 radical (unpaired) electrons. The predicted octanol–water partition coefficient (Wildman–Crippen LogP) is 1.35. The Morgan fingerprint density at radius 2 is 1.95 bits per heavy atom. The number of urea groups is 1. The number of hydrogen-bond donors (Lipinski definition) is 1. The lowest BCUT2D eigenvalue weighted by Crippen LogP contribution is -2.51. The van der Waals surface area contributed by atoms with Crippen LogP contribution in [0.4, 0.5) is 4.79 Å². The third kappa shape index (κ3) is 3.72. The van der Waals surface area contributed by atoms with Crippen molar-refractivity contribution in [1.29, 1.82) is 0 Å². The molecule has 0 aromatic heterocycles. The number of piperidine rings is 1. The topological polar surface area (TPSA) is 61.9 Å². The van der Waals surface area contributed by atoms with E-state index in [1.165, 1.54) is 19.3 Å². The second kappa shape index (κ2) is 7.31. The van der Waals surface area contributed by atoms with E-state index >= 15 is 0 Å². The average Bonchev–Trinajstić information content (AvgIpc) is 3.00. The minimum Gasteiger partial charge on any atom is -0.368 e. The van der Waals surface area contributed by atoms with Crippen LogP contribution in [0.1, 0.15) is 44.9 Å². The number of amides is 3. The van der Waals surface area contributed by atoms with E-state index in [-0.39, 0.29) is 30.7 Å². The minimum absolute atomic E-state index is 0.0118. The first-order valence-electron chi connectivity index (χ1n) is 8.68. The third-order valence-electron chi connectivity index (χ3n) is 5.07. The van der Waals surface area contributed by atoms with Gasteiger partial charge in [-0.25, -0.2) is 4.79 Å². The molecule has 3 fully saturated rings. The first-order chi connectivity index (χ1) is 10.7. The minimum atomic E-state index is 0.0118. The lowest BCUT2D eigenvalue weighted by molar-refractivity contribution is -0.140. The normalized spacial score (nSPS) is 27.1. The second-order valence-corrected chi connectivity index (χ2v) is 6.63. The van der Waals surface area contributed by atoms with E-state index < -0.39 is 0 Å². The van der Waals surface area contributed by atoms with Gasteiger partial charge in [-0.2, -0.15) is 0 Å². The first-order valence-corrected chi connectivity index (χ1v) is 8.68. The second-order valence-electron chi connectivity index (χ2n) is 6.63. The SMILES string of the molecule is O=C(COC1CCCCC1)N1CCC[C@@H](N2CCNC2=O)C1. The predicted molar refractivity (Wildman–Crippen MR) is 82.5 cm³/mol. The Morgan fingerprint density at radius 1 is 1.14 bits per heavy atom. The molecule has 0 bridgehead atoms. The summed E-state index contributed by atoms with van der Waals surface area (Å²) >= 11 is 0. The zero-order chi connectivity index (χ0) is 15.4. The summed E-state index contributed by atoms with van der Waals surface area (Å²) < 4.78 is 5.80. The van der Waals surface area contributed by atoms with E-state index in [1.54, 1.807) is 0 Å². The van der Waals surface area contributed by atoms with Gasteiger partial charge in [0.2, 0.25) is 5.91 Å². The number of carbonyl (C=O) groups excluding carboxylic acids is 2. The molecule has 2 saturated heterocycles. The fourth-order valence-electron chi connectivity index (χ4n) is 3.78. The highest BCUT2D eigenvalue weighted by molar-refractivity contribution is 5.78. The zero-order valence-corrected chi connectivity index (χ0v) is 13.3. The van der Waals surface area contributed by atoms with Crippen molar-refractivity contribution in [3.63, 3.8) is 0 Å². The molecular weight excluding hydrogens is 282 g/mol. The van der Waals surface area contributed by atoms with Crippen LogP contribution in [-0.2, 0) is 9.53 Å². The van der Waals surface area contributed by atoms with Crippen LogP contribution in [-0.4, -0.2) is 66.7 Å². The fraction of sp³-hybridized carbons (Fsp3) is 0.875. The molecule has 0 aromatic carbocycles. The summed E-state index contributed by atoms with van der Waals surface area (Å²) in [6.45, 7) is 3.11. The van der Waals surface area contributed by atoms with Crippen LogP contribution in [0.15, 0.2) is 0 Å². The van der Waals surface area contributed by atoms with Gasteiger partial charge in [-0.05, 0) is 25.7 Å². The summed E-state index contributed by atoms with van der Waals surface area (Å²) in [5.74, 6) is 0.0786. The molecule has 1 atom stereocenters. The molecule has 2 aliphatic heterocycles. The van der Waals surface area contributed by atoms with Gasteiger partial charge in [-0.15, -0.1) is 0 Å². The van der Waals surface area contributed by atoms with E-state index in [1.807, 2.05) is 9.80 Å². The first kappa shape index (κ1) is 15.6. The van der Waals surface area contributed by atoms with Crippen LogP contribution in [0.3, 0.4) is 0 Å². The van der Waals surface area contributed by atoms with Gasteiger partial charge in [-0.1, -0.05) is 19.3 Å². The van der Waals surface area contributed by atoms with Crippen LogP contribution < -0.4 is 5.32 Å². The summed E-state index contributed by atoms with van der Waals surface area (Å²) in [6.07, 6.45) is 8.11. The van der Waals surface area contributed by atoms with Crippen molar-refractivity contribution in [2.24, 2.45) is 0 Å². The monoisotopic (exact) mass is 309 g/mol. The fourth-order valence-corrected chi connectivity index (χ4v) is 3.78. The number of ether oxygens (including phenoxy) is 1. The molecule has 6 nitrogen and oxygen atoms in total. The maximum absolute atomic E-state index is 12.4. The van der Waals surface area contributed by atoms with Gasteiger partial charge in [0.05, 0.1) is 12.1 Å². The molecule has 0 spiro atoms. The Hall–Kier alpha value is -1.30. The number of carbonyl (C=O) groups is 2. The quantitative estimate of drug-likeness (QED) is 0.853. The Bertz CT molecular complexity index is 409. The van der Waals surface area contributed by atoms with Crippen molar-refractivity contribution in [2.45, 2.75) is 57.1 Å². The highest BCUT2D eigenvalue weighted by atomic mass is 16.5. The van der Waals surface area contributed by atoms with E-state index in [9.17, 15) is 9.59 Å². The van der Waals surface area contributed by atoms with Crippen LogP contribution >= 0.6 is 0 Å². The van der Waals surface area contributed by atoms with Crippen molar-refractivity contribution >= 4 is 11.9 Å². The summed E-state index contributed by atoms with van der Waals surface area (Å²) in [4.78, 5) is 27.9. The molecule has 3 rings (SSSR count). The van der Waals surface area contributed by atoms with E-state index in [0.717, 1.165) is 38.8 Å². The van der Waals surface area contributed by atoms with E-state index in [2.05, 4.69) is 5.32 Å². The molecule has 0 unspecified atom stereocenters. The van der Waals surface area contributed by atoms with Crippen molar-refractivity contribution < 1.29 is 14.3 Å². The standard InChI is InChI=1S/C16H27N3O3/c20-15(12-22-14-6-2-1-3-7-14)18-9-4-5-13(11-18)19-10-8-17-16(19)21/h13-14H,1-12H2,(H,17,21)/t13-/m1/s1. The molecule has 124 valence electrons. The highest BCUT2D eigenvalue weighted by Crippen LogP contribution is 2.21. The number of nitrogens with zero attached hydrogens (tertiary/aromatic N) is 2. The number of nitrogens with one attached hydrogen (secondary N) is 1. The zero-order valence-electron chi connectivity index (χ0n) is 13.3. The van der Waals surface area contributed by atoms with Crippen LogP contribution in [0.25, 0.3) is 0 Å². The maximum atomic E-state index is 12.4. The molecule has 3 amide bonds. The Kier molecular flexibility index (Phi) is 5.18. The van der Waals surface area contributed by atoms with Crippen molar-refractivity contribution in [1.82, 2.24) is 15.1 Å². The van der Waals surface area contributed by atoms with Crippen molar-refractivity contribution in [3.05, 3.63) is 0 Å². The van der Waals surface area contributed by atoms with Gasteiger partial charge in [-0.3, -0.25) is 4.79 Å². The summed E-state index contributed by atoms with van der Waals surface area (Å²) in [5.41, 5.74) is 0. The van der Waals surface area contributed by atoms with Crippen LogP contribution in [0.5, 0.6) is 0 Å². The van der Waals surface area contributed by atoms with Gasteiger partial charge >= 0.3 is 6.03 Å². The molecule has 1 saturated carbocycles. The summed E-state index contributed by atoms with van der Waals surface area (Å²) in [5, 5.41) is 2.84. The number of likely N-dealkylation sites (tertiary alicyclic amines) is 1. The Labute approximate surface area is 132 Å². The van der Waals surface area contributed by atoms with E-state index in [0.29, 0.717) is 13.1 Å². The lowest BCUT2D eigenvalue weighted by atomic mass is 9.98. The number of hydrogen-bond acceptors (Lipinski definition) is 3. The van der Waals surface area contributed by atoms with Crippen molar-refractivity contribution in [2.75, 3.05) is 32.8 Å². The van der Waals surface area contributed by atoms with Gasteiger partial charge < -0.3 is 19.9 Å². The maximum Gasteiger partial charge on any atom is 0.317 e. The Balaban J connectivity index is 1.46. The average molecular weight is 309 g/mol. The molecular formula is C16H27N3O3. The summed E-state index contributed by atoms with van der Waals surface area (Å²) in [6, 6.07) is 0.174. The van der Waals surface area contributed by atoms with Crippen molar-refractivity contribution in [3.8, 4) is 0 Å². The third-order valence-corrected chi connectivity index (χ3v) is 5.07. The van der Waals surface area contributed by atoms with Gasteiger partial charge in [0.15, 0.2) is 0 Å². The van der Waals surface area contributed by atoms with Gasteiger partial charge in [0.1, 0.15) is 6.61 Å². The van der Waals surface area contributed by atoms with E-state index in [4.69, 9.17) is 4.74 Å². The van der Waals surface area contributed by atoms with Crippen LogP contribution in [0.2, 0.25) is 0 Å². The van der Waals surface area contributed by atoms with Gasteiger partial charge in [0.25, 0.3) is 0 Å². The molecule has 0 aromatic rings. The van der Waals surface area contributed by atoms with Crippen LogP contribution in [0, 0.1) is 0 Å². The molecule has 22 heavy (non-hydrogen) atoms. The lowest BCUT2D eigenvalue weighted by Gasteiger charge is -2.37. The molecule has 1 N–H and O–H groups in total. The highest BCUT2D eigenvalue weighted by Gasteiger charge is 2.32. The molecule has 2 heterocycles. The largest absolute Gasteiger partial charge is 0.368 e. The van der Waals surface area contributed by atoms with Gasteiger partial charge in [0, 0.05) is 26.2 Å². The molecule has 1 aliphatic carbocycles. The molecule has 3 aliphatic rings. The smallest absolute Gasteiger partial charge is 0.317 e.